The number of primary sulfonamides is 1. The summed E-state index contributed by atoms with van der Waals surface area (Å²) in [6, 6.07) is 7.41. The molecule has 2 aromatic rings. The molecular weight excluding hydrogens is 352 g/mol. The van der Waals surface area contributed by atoms with Crippen LogP contribution in [0.4, 0.5) is 5.69 Å². The Morgan fingerprint density at radius 1 is 1.25 bits per heavy atom. The minimum Gasteiger partial charge on any atom is -0.456 e. The first-order valence-electron chi connectivity index (χ1n) is 6.94. The van der Waals surface area contributed by atoms with Crippen molar-refractivity contribution in [2.45, 2.75) is 17.7 Å². The van der Waals surface area contributed by atoms with Gasteiger partial charge in [-0.25, -0.2) is 13.6 Å². The Labute approximate surface area is 143 Å². The molecule has 0 unspecified atom stereocenters. The van der Waals surface area contributed by atoms with Gasteiger partial charge in [0.25, 0.3) is 5.91 Å². The third-order valence-corrected chi connectivity index (χ3v) is 4.65. The first-order valence-corrected chi connectivity index (χ1v) is 9.43. The number of thiophene rings is 1. The number of aryl methyl sites for hydroxylation is 1. The van der Waals surface area contributed by atoms with E-state index in [0.717, 1.165) is 5.56 Å². The van der Waals surface area contributed by atoms with Crippen molar-refractivity contribution in [1.29, 1.82) is 0 Å². The molecule has 128 valence electrons. The van der Waals surface area contributed by atoms with Crippen molar-refractivity contribution in [3.8, 4) is 0 Å². The summed E-state index contributed by atoms with van der Waals surface area (Å²) in [6.07, 6.45) is 0.741. The van der Waals surface area contributed by atoms with Gasteiger partial charge < -0.3 is 10.1 Å². The first-order chi connectivity index (χ1) is 11.3. The van der Waals surface area contributed by atoms with Crippen molar-refractivity contribution in [2.75, 3.05) is 11.9 Å². The summed E-state index contributed by atoms with van der Waals surface area (Å²) in [7, 11) is -3.85. The maximum absolute atomic E-state index is 11.7. The average molecular weight is 368 g/mol. The van der Waals surface area contributed by atoms with Gasteiger partial charge in [-0.15, -0.1) is 0 Å². The lowest BCUT2D eigenvalue weighted by atomic mass is 10.2. The molecule has 0 saturated heterocycles. The number of amides is 1. The molecule has 0 fully saturated rings. The Kier molecular flexibility index (Phi) is 6.07. The quantitative estimate of drug-likeness (QED) is 0.719. The molecule has 2 rings (SSSR count). The topological polar surface area (TPSA) is 116 Å². The van der Waals surface area contributed by atoms with E-state index in [4.69, 9.17) is 9.88 Å². The molecule has 9 heteroatoms. The van der Waals surface area contributed by atoms with Crippen molar-refractivity contribution in [1.82, 2.24) is 0 Å². The Morgan fingerprint density at radius 3 is 2.71 bits per heavy atom. The molecule has 0 aliphatic heterocycles. The van der Waals surface area contributed by atoms with Gasteiger partial charge in [0, 0.05) is 12.1 Å². The van der Waals surface area contributed by atoms with Crippen LogP contribution in [0.15, 0.2) is 46.0 Å². The predicted octanol–water partition coefficient (Wildman–Crippen LogP) is 1.51. The van der Waals surface area contributed by atoms with Gasteiger partial charge in [0.15, 0.2) is 6.61 Å². The van der Waals surface area contributed by atoms with Crippen LogP contribution in [0.5, 0.6) is 0 Å². The van der Waals surface area contributed by atoms with E-state index in [1.54, 1.807) is 11.3 Å². The molecule has 0 saturated carbocycles. The van der Waals surface area contributed by atoms with Crippen LogP contribution in [0.3, 0.4) is 0 Å². The molecule has 1 aromatic heterocycles. The fraction of sp³-hybridized carbons (Fsp3) is 0.200. The maximum atomic E-state index is 11.7. The molecule has 0 spiro atoms. The van der Waals surface area contributed by atoms with E-state index in [2.05, 4.69) is 5.32 Å². The predicted molar refractivity (Wildman–Crippen MR) is 90.0 cm³/mol. The van der Waals surface area contributed by atoms with Crippen LogP contribution < -0.4 is 10.5 Å². The van der Waals surface area contributed by atoms with E-state index >= 15 is 0 Å². The van der Waals surface area contributed by atoms with Crippen LogP contribution in [0.2, 0.25) is 0 Å². The van der Waals surface area contributed by atoms with E-state index in [0.29, 0.717) is 6.42 Å². The molecule has 0 aliphatic rings. The molecule has 3 N–H and O–H groups in total. The van der Waals surface area contributed by atoms with Gasteiger partial charge in [-0.1, -0.05) is 6.07 Å². The van der Waals surface area contributed by atoms with Crippen LogP contribution in [0.1, 0.15) is 12.0 Å². The molecule has 0 radical (unpaired) electrons. The second-order valence-corrected chi connectivity index (χ2v) is 7.25. The number of esters is 1. The Bertz CT molecular complexity index is 816. The number of benzene rings is 1. The van der Waals surface area contributed by atoms with E-state index < -0.39 is 28.5 Å². The van der Waals surface area contributed by atoms with Gasteiger partial charge in [-0.05, 0) is 47.0 Å². The fourth-order valence-corrected chi connectivity index (χ4v) is 3.11. The van der Waals surface area contributed by atoms with Crippen LogP contribution in [-0.2, 0) is 30.8 Å². The zero-order valence-corrected chi connectivity index (χ0v) is 14.2. The van der Waals surface area contributed by atoms with E-state index in [1.165, 1.54) is 24.3 Å². The lowest BCUT2D eigenvalue weighted by Crippen LogP contribution is -2.21. The minimum atomic E-state index is -3.85. The zero-order chi connectivity index (χ0) is 17.6. The van der Waals surface area contributed by atoms with Crippen molar-refractivity contribution in [3.63, 3.8) is 0 Å². The van der Waals surface area contributed by atoms with Crippen molar-refractivity contribution in [2.24, 2.45) is 5.14 Å². The smallest absolute Gasteiger partial charge is 0.306 e. The number of hydrogen-bond acceptors (Lipinski definition) is 6. The minimum absolute atomic E-state index is 0.118. The number of sulfonamides is 1. The summed E-state index contributed by atoms with van der Waals surface area (Å²) in [6.45, 7) is -0.442. The highest BCUT2D eigenvalue weighted by Gasteiger charge is 2.11. The van der Waals surface area contributed by atoms with Crippen LogP contribution >= 0.6 is 11.3 Å². The highest BCUT2D eigenvalue weighted by atomic mass is 32.2. The first kappa shape index (κ1) is 18.1. The van der Waals surface area contributed by atoms with E-state index in [-0.39, 0.29) is 17.0 Å². The molecule has 0 aliphatic carbocycles. The van der Waals surface area contributed by atoms with Crippen LogP contribution in [-0.4, -0.2) is 26.9 Å². The summed E-state index contributed by atoms with van der Waals surface area (Å²) in [5, 5.41) is 11.3. The van der Waals surface area contributed by atoms with Crippen LogP contribution in [0.25, 0.3) is 0 Å². The van der Waals surface area contributed by atoms with Gasteiger partial charge in [-0.3, -0.25) is 9.59 Å². The lowest BCUT2D eigenvalue weighted by molar-refractivity contribution is -0.147. The zero-order valence-electron chi connectivity index (χ0n) is 12.6. The number of nitrogens with two attached hydrogens (primary N) is 1. The number of ether oxygens (including phenoxy) is 1. The van der Waals surface area contributed by atoms with Crippen LogP contribution in [0, 0.1) is 0 Å². The normalized spacial score (nSPS) is 11.0. The summed E-state index contributed by atoms with van der Waals surface area (Å²) in [5.74, 6) is -1.04. The Hall–Kier alpha value is -2.23. The van der Waals surface area contributed by atoms with Crippen molar-refractivity contribution < 1.29 is 22.7 Å². The summed E-state index contributed by atoms with van der Waals surface area (Å²) in [4.78, 5) is 23.2. The third kappa shape index (κ3) is 5.76. The lowest BCUT2D eigenvalue weighted by Gasteiger charge is -2.07. The summed E-state index contributed by atoms with van der Waals surface area (Å²) >= 11 is 1.55. The van der Waals surface area contributed by atoms with Gasteiger partial charge in [0.2, 0.25) is 10.0 Å². The standard InChI is InChI=1S/C15H16N2O5S2/c16-24(20,21)13-3-1-2-12(8-13)17-14(18)9-22-15(19)5-4-11-6-7-23-10-11/h1-3,6-8,10H,4-5,9H2,(H,17,18)(H2,16,20,21). The molecule has 1 amide bonds. The number of carbonyl (C=O) groups excluding carboxylic acids is 2. The Morgan fingerprint density at radius 2 is 2.04 bits per heavy atom. The second-order valence-electron chi connectivity index (χ2n) is 4.91. The largest absolute Gasteiger partial charge is 0.456 e. The number of nitrogens with one attached hydrogen (secondary N) is 1. The van der Waals surface area contributed by atoms with E-state index in [9.17, 15) is 18.0 Å². The van der Waals surface area contributed by atoms with Gasteiger partial charge in [0.05, 0.1) is 4.90 Å². The number of rotatable bonds is 7. The van der Waals surface area contributed by atoms with Gasteiger partial charge >= 0.3 is 5.97 Å². The molecule has 1 aromatic carbocycles. The molecule has 7 nitrogen and oxygen atoms in total. The number of carbonyl (C=O) groups is 2. The van der Waals surface area contributed by atoms with Crippen molar-refractivity contribution in [3.05, 3.63) is 46.7 Å². The second kappa shape index (κ2) is 8.04. The van der Waals surface area contributed by atoms with Gasteiger partial charge in [-0.2, -0.15) is 11.3 Å². The highest BCUT2D eigenvalue weighted by molar-refractivity contribution is 7.89. The van der Waals surface area contributed by atoms with E-state index in [1.807, 2.05) is 16.8 Å². The maximum Gasteiger partial charge on any atom is 0.306 e. The monoisotopic (exact) mass is 368 g/mol. The summed E-state index contributed by atoms with van der Waals surface area (Å²) in [5.41, 5.74) is 1.29. The fourth-order valence-electron chi connectivity index (χ4n) is 1.85. The summed E-state index contributed by atoms with van der Waals surface area (Å²) < 4.78 is 27.4. The van der Waals surface area contributed by atoms with Gasteiger partial charge in [0.1, 0.15) is 0 Å². The third-order valence-electron chi connectivity index (χ3n) is 3.01. The SMILES string of the molecule is NS(=O)(=O)c1cccc(NC(=O)COC(=O)CCc2ccsc2)c1. The average Bonchev–Trinajstić information content (AvgIpc) is 3.04. The van der Waals surface area contributed by atoms with Crippen molar-refractivity contribution >= 4 is 38.9 Å². The highest BCUT2D eigenvalue weighted by Crippen LogP contribution is 2.14. The molecular formula is C15H16N2O5S2. The molecule has 24 heavy (non-hydrogen) atoms. The molecule has 0 atom stereocenters. The molecule has 0 bridgehead atoms. The Balaban J connectivity index is 1.80. The number of hydrogen-bond donors (Lipinski definition) is 2. The molecule has 1 heterocycles. The number of anilines is 1.